The standard InChI is InChI=1S/C42H66O12/c1-8-9-10-11-12-13-36(45)53-39-28(21-37(46)49-7)20-33-24-34(26-43)52-38(47)23-29(44)22-31-14-16-40(3,4)35(51-31)25-32-19-27(2)18-30(50-32)15-17-41(5,6)42(39,48)54-33/h15,17,21,29-35,39,43-44,48H,2,8-14,16,18-20,22-26H2,1,3-7H3/b17-15+,28-21+/t29-,30+,31+,32+,33+,34-,35+,39+,42-/m1/s1. The van der Waals surface area contributed by atoms with E-state index in [0.29, 0.717) is 25.7 Å². The molecule has 6 bridgehead atoms. The van der Waals surface area contributed by atoms with Crippen LogP contribution in [-0.4, -0.2) is 102 Å². The van der Waals surface area contributed by atoms with Gasteiger partial charge in [0.15, 0.2) is 6.10 Å². The Balaban J connectivity index is 1.72. The molecule has 306 valence electrons. The monoisotopic (exact) mass is 762 g/mol. The van der Waals surface area contributed by atoms with Gasteiger partial charge >= 0.3 is 17.9 Å². The van der Waals surface area contributed by atoms with Gasteiger partial charge in [0, 0.05) is 37.2 Å². The Labute approximate surface area is 321 Å². The van der Waals surface area contributed by atoms with Crippen LogP contribution in [0.15, 0.2) is 36.0 Å². The highest BCUT2D eigenvalue weighted by Crippen LogP contribution is 2.47. The van der Waals surface area contributed by atoms with Gasteiger partial charge in [0.2, 0.25) is 5.79 Å². The number of ether oxygens (including phenoxy) is 6. The van der Waals surface area contributed by atoms with Crippen LogP contribution >= 0.6 is 0 Å². The highest BCUT2D eigenvalue weighted by atomic mass is 16.7. The molecule has 4 aliphatic heterocycles. The van der Waals surface area contributed by atoms with Crippen LogP contribution in [0.25, 0.3) is 0 Å². The molecule has 0 amide bonds. The van der Waals surface area contributed by atoms with E-state index in [1.54, 1.807) is 19.9 Å². The Kier molecular flexibility index (Phi) is 15.9. The van der Waals surface area contributed by atoms with E-state index in [-0.39, 0.29) is 67.5 Å². The Bertz CT molecular complexity index is 1350. The van der Waals surface area contributed by atoms with E-state index >= 15 is 0 Å². The summed E-state index contributed by atoms with van der Waals surface area (Å²) in [6.07, 6.45) is 7.61. The van der Waals surface area contributed by atoms with Gasteiger partial charge in [0.05, 0.1) is 56.8 Å². The average Bonchev–Trinajstić information content (AvgIpc) is 3.09. The molecule has 3 N–H and O–H groups in total. The van der Waals surface area contributed by atoms with E-state index < -0.39 is 60.1 Å². The van der Waals surface area contributed by atoms with Crippen LogP contribution in [0.3, 0.4) is 0 Å². The number of carbonyl (C=O) groups is 3. The van der Waals surface area contributed by atoms with Crippen molar-refractivity contribution in [2.75, 3.05) is 13.7 Å². The molecule has 0 aromatic rings. The van der Waals surface area contributed by atoms with E-state index in [1.165, 1.54) is 13.2 Å². The smallest absolute Gasteiger partial charge is 0.330 e. The number of esters is 3. The van der Waals surface area contributed by atoms with Gasteiger partial charge in [-0.3, -0.25) is 9.59 Å². The fraction of sp³-hybridized carbons (Fsp3) is 0.786. The second-order valence-corrected chi connectivity index (χ2v) is 17.1. The molecule has 3 fully saturated rings. The Morgan fingerprint density at radius 2 is 1.72 bits per heavy atom. The number of cyclic esters (lactones) is 1. The van der Waals surface area contributed by atoms with E-state index in [2.05, 4.69) is 27.4 Å². The van der Waals surface area contributed by atoms with Gasteiger partial charge in [0.25, 0.3) is 0 Å². The van der Waals surface area contributed by atoms with Crippen molar-refractivity contribution < 1.29 is 58.1 Å². The Hall–Kier alpha value is -2.61. The molecule has 12 heteroatoms. The minimum Gasteiger partial charge on any atom is -0.466 e. The number of hydrogen-bond acceptors (Lipinski definition) is 12. The predicted molar refractivity (Wildman–Crippen MR) is 201 cm³/mol. The SMILES string of the molecule is C=C1C[C@H]2C[C@@H]3O[C@@H](CCC3(C)C)C[C@@H](O)CC(=O)O[C@@H](CO)C[C@@H]3C/C(=C\C(=O)OC)[C@H](OC(=O)CCCCCCC)[C@@](O)(O3)C(C)(C)/C=C/[C@@H](C1)O2. The largest absolute Gasteiger partial charge is 0.466 e. The van der Waals surface area contributed by atoms with Crippen molar-refractivity contribution in [2.24, 2.45) is 10.8 Å². The lowest BCUT2D eigenvalue weighted by molar-refractivity contribution is -0.327. The van der Waals surface area contributed by atoms with Crippen LogP contribution in [0.4, 0.5) is 0 Å². The number of aliphatic hydroxyl groups excluding tert-OH is 2. The fourth-order valence-electron chi connectivity index (χ4n) is 8.15. The van der Waals surface area contributed by atoms with E-state index in [9.17, 15) is 29.7 Å². The van der Waals surface area contributed by atoms with Gasteiger partial charge < -0.3 is 43.7 Å². The van der Waals surface area contributed by atoms with Crippen molar-refractivity contribution in [3.05, 3.63) is 36.0 Å². The molecule has 0 aliphatic carbocycles. The van der Waals surface area contributed by atoms with Crippen molar-refractivity contribution in [3.8, 4) is 0 Å². The number of fused-ring (bicyclic) bond motifs is 6. The summed E-state index contributed by atoms with van der Waals surface area (Å²) < 4.78 is 36.3. The number of aliphatic hydroxyl groups is 3. The zero-order chi connectivity index (χ0) is 39.7. The van der Waals surface area contributed by atoms with Gasteiger partial charge in [-0.1, -0.05) is 84.6 Å². The van der Waals surface area contributed by atoms with Crippen LogP contribution < -0.4 is 0 Å². The van der Waals surface area contributed by atoms with Crippen LogP contribution in [-0.2, 0) is 42.8 Å². The van der Waals surface area contributed by atoms with E-state index in [4.69, 9.17) is 28.4 Å². The van der Waals surface area contributed by atoms with Crippen molar-refractivity contribution in [1.82, 2.24) is 0 Å². The van der Waals surface area contributed by atoms with Gasteiger partial charge in [-0.25, -0.2) is 4.79 Å². The van der Waals surface area contributed by atoms with Gasteiger partial charge in [-0.15, -0.1) is 0 Å². The van der Waals surface area contributed by atoms with Crippen LogP contribution in [0, 0.1) is 10.8 Å². The molecule has 4 rings (SSSR count). The predicted octanol–water partition coefficient (Wildman–Crippen LogP) is 5.93. The molecule has 4 aliphatic rings. The Morgan fingerprint density at radius 1 is 0.981 bits per heavy atom. The molecule has 4 heterocycles. The summed E-state index contributed by atoms with van der Waals surface area (Å²) >= 11 is 0. The van der Waals surface area contributed by atoms with Gasteiger partial charge in [0.1, 0.15) is 6.10 Å². The van der Waals surface area contributed by atoms with Crippen molar-refractivity contribution in [3.63, 3.8) is 0 Å². The molecule has 0 aromatic carbocycles. The molecule has 54 heavy (non-hydrogen) atoms. The average molecular weight is 763 g/mol. The lowest BCUT2D eigenvalue weighted by Crippen LogP contribution is -2.62. The van der Waals surface area contributed by atoms with Crippen LogP contribution in [0.1, 0.15) is 131 Å². The number of unbranched alkanes of at least 4 members (excludes halogenated alkanes) is 4. The maximum Gasteiger partial charge on any atom is 0.330 e. The number of hydrogen-bond donors (Lipinski definition) is 3. The normalized spacial score (nSPS) is 36.1. The third-order valence-electron chi connectivity index (χ3n) is 11.5. The molecule has 9 atom stereocenters. The molecule has 0 aromatic heterocycles. The molecular formula is C42H66O12. The first kappa shape index (κ1) is 44.1. The number of rotatable bonds is 9. The molecule has 0 spiro atoms. The first-order chi connectivity index (χ1) is 25.5. The Morgan fingerprint density at radius 3 is 2.43 bits per heavy atom. The summed E-state index contributed by atoms with van der Waals surface area (Å²) in [4.78, 5) is 39.2. The lowest BCUT2D eigenvalue weighted by atomic mass is 9.74. The van der Waals surface area contributed by atoms with E-state index in [1.807, 2.05) is 6.08 Å². The van der Waals surface area contributed by atoms with Crippen molar-refractivity contribution in [2.45, 2.75) is 186 Å². The summed E-state index contributed by atoms with van der Waals surface area (Å²) in [5.74, 6) is -4.18. The molecule has 0 unspecified atom stereocenters. The maximum absolute atomic E-state index is 13.4. The molecule has 0 radical (unpaired) electrons. The summed E-state index contributed by atoms with van der Waals surface area (Å²) in [5.41, 5.74) is -0.116. The fourth-order valence-corrected chi connectivity index (χ4v) is 8.15. The topological polar surface area (TPSA) is 167 Å². The minimum absolute atomic E-state index is 0.00605. The molecular weight excluding hydrogens is 696 g/mol. The summed E-state index contributed by atoms with van der Waals surface area (Å²) in [5, 5.41) is 34.0. The summed E-state index contributed by atoms with van der Waals surface area (Å²) in [6.45, 7) is 13.7. The molecule has 3 saturated heterocycles. The van der Waals surface area contributed by atoms with Crippen molar-refractivity contribution in [1.29, 1.82) is 0 Å². The second kappa shape index (κ2) is 19.5. The molecule has 0 saturated carbocycles. The van der Waals surface area contributed by atoms with Gasteiger partial charge in [-0.2, -0.15) is 0 Å². The molecule has 12 nitrogen and oxygen atoms in total. The third-order valence-corrected chi connectivity index (χ3v) is 11.5. The maximum atomic E-state index is 13.4. The summed E-state index contributed by atoms with van der Waals surface area (Å²) in [6, 6.07) is 0. The first-order valence-corrected chi connectivity index (χ1v) is 20.0. The highest BCUT2D eigenvalue weighted by Gasteiger charge is 2.57. The lowest BCUT2D eigenvalue weighted by Gasteiger charge is -2.51. The van der Waals surface area contributed by atoms with Gasteiger partial charge in [-0.05, 0) is 49.5 Å². The quantitative estimate of drug-likeness (QED) is 0.0834. The zero-order valence-electron chi connectivity index (χ0n) is 33.4. The third kappa shape index (κ3) is 11.9. The minimum atomic E-state index is -2.23. The first-order valence-electron chi connectivity index (χ1n) is 20.0. The summed E-state index contributed by atoms with van der Waals surface area (Å²) in [7, 11) is 1.23. The zero-order valence-corrected chi connectivity index (χ0v) is 33.4. The van der Waals surface area contributed by atoms with E-state index in [0.717, 1.165) is 44.1 Å². The van der Waals surface area contributed by atoms with Crippen LogP contribution in [0.2, 0.25) is 0 Å². The van der Waals surface area contributed by atoms with Crippen molar-refractivity contribution >= 4 is 17.9 Å². The van der Waals surface area contributed by atoms with Crippen LogP contribution in [0.5, 0.6) is 0 Å². The number of carbonyl (C=O) groups excluding carboxylic acids is 3. The number of methoxy groups -OCH3 is 1. The second-order valence-electron chi connectivity index (χ2n) is 17.1. The highest BCUT2D eigenvalue weighted by molar-refractivity contribution is 5.83.